The summed E-state index contributed by atoms with van der Waals surface area (Å²) in [6, 6.07) is 16.7. The number of ketones is 1. The van der Waals surface area contributed by atoms with Gasteiger partial charge in [0.25, 0.3) is 5.91 Å². The second-order valence-electron chi connectivity index (χ2n) is 8.34. The minimum Gasteiger partial charge on any atom is -0.450 e. The molecule has 0 saturated carbocycles. The van der Waals surface area contributed by atoms with Crippen LogP contribution in [-0.4, -0.2) is 11.7 Å². The highest BCUT2D eigenvalue weighted by molar-refractivity contribution is 6.30. The first-order valence-electron chi connectivity index (χ1n) is 10.5. The van der Waals surface area contributed by atoms with Gasteiger partial charge in [0.2, 0.25) is 5.76 Å². The summed E-state index contributed by atoms with van der Waals surface area (Å²) in [5, 5.41) is 0.933. The van der Waals surface area contributed by atoms with E-state index in [-0.39, 0.29) is 22.5 Å². The summed E-state index contributed by atoms with van der Waals surface area (Å²) in [6.45, 7) is 5.35. The Morgan fingerprint density at radius 1 is 0.970 bits per heavy atom. The van der Waals surface area contributed by atoms with Crippen molar-refractivity contribution in [3.05, 3.63) is 109 Å². The fourth-order valence-electron chi connectivity index (χ4n) is 4.34. The lowest BCUT2D eigenvalue weighted by Gasteiger charge is -2.25. The van der Waals surface area contributed by atoms with Gasteiger partial charge in [-0.2, -0.15) is 0 Å². The van der Waals surface area contributed by atoms with E-state index >= 15 is 0 Å². The summed E-state index contributed by atoms with van der Waals surface area (Å²) in [6.07, 6.45) is 0. The Hall–Kier alpha value is -3.70. The van der Waals surface area contributed by atoms with Crippen molar-refractivity contribution in [1.29, 1.82) is 0 Å². The lowest BCUT2D eigenvalue weighted by atomic mass is 9.97. The van der Waals surface area contributed by atoms with Crippen LogP contribution in [-0.2, 0) is 0 Å². The van der Waals surface area contributed by atoms with Gasteiger partial charge in [-0.3, -0.25) is 19.3 Å². The van der Waals surface area contributed by atoms with Crippen molar-refractivity contribution in [2.24, 2.45) is 0 Å². The van der Waals surface area contributed by atoms with Crippen LogP contribution in [0.3, 0.4) is 0 Å². The molecule has 0 N–H and O–H groups in total. The molecule has 0 fully saturated rings. The highest BCUT2D eigenvalue weighted by Crippen LogP contribution is 2.41. The zero-order valence-corrected chi connectivity index (χ0v) is 19.1. The summed E-state index contributed by atoms with van der Waals surface area (Å²) in [7, 11) is 0. The number of halogens is 1. The average molecular weight is 458 g/mol. The van der Waals surface area contributed by atoms with Crippen LogP contribution in [0, 0.1) is 13.8 Å². The molecule has 33 heavy (non-hydrogen) atoms. The van der Waals surface area contributed by atoms with E-state index in [0.717, 1.165) is 11.1 Å². The minimum absolute atomic E-state index is 0.0244. The third kappa shape index (κ3) is 3.36. The van der Waals surface area contributed by atoms with E-state index in [9.17, 15) is 14.4 Å². The molecular formula is C27H20ClNO4. The maximum Gasteiger partial charge on any atom is 0.295 e. The van der Waals surface area contributed by atoms with Crippen molar-refractivity contribution < 1.29 is 14.0 Å². The number of carbonyl (C=O) groups is 2. The predicted molar refractivity (Wildman–Crippen MR) is 129 cm³/mol. The summed E-state index contributed by atoms with van der Waals surface area (Å²) < 4.78 is 6.05. The number of aryl methyl sites for hydroxylation is 2. The monoisotopic (exact) mass is 457 g/mol. The van der Waals surface area contributed by atoms with Gasteiger partial charge in [0.1, 0.15) is 5.58 Å². The highest BCUT2D eigenvalue weighted by atomic mass is 35.5. The molecule has 1 aromatic heterocycles. The molecular weight excluding hydrogens is 438 g/mol. The van der Waals surface area contributed by atoms with Gasteiger partial charge in [0.05, 0.1) is 17.0 Å². The summed E-state index contributed by atoms with van der Waals surface area (Å²) in [5.41, 5.74) is 4.15. The van der Waals surface area contributed by atoms with Crippen LogP contribution in [0.5, 0.6) is 0 Å². The molecule has 5 nitrogen and oxygen atoms in total. The van der Waals surface area contributed by atoms with E-state index in [0.29, 0.717) is 32.8 Å². The van der Waals surface area contributed by atoms with E-state index in [2.05, 4.69) is 0 Å². The van der Waals surface area contributed by atoms with Crippen LogP contribution < -0.4 is 10.3 Å². The van der Waals surface area contributed by atoms with E-state index in [4.69, 9.17) is 16.0 Å². The molecule has 164 valence electrons. The van der Waals surface area contributed by atoms with Crippen LogP contribution in [0.25, 0.3) is 11.0 Å². The number of anilines is 1. The molecule has 1 atom stereocenters. The molecule has 0 aliphatic carbocycles. The SMILES string of the molecule is CC(=O)c1ccc(N2C(=O)c3oc4cc(C)c(C)cc4c(=O)c3C2c2cccc(Cl)c2)cc1. The fraction of sp³-hybridized carbons (Fsp3) is 0.148. The fourth-order valence-corrected chi connectivity index (χ4v) is 4.54. The second kappa shape index (κ2) is 7.71. The lowest BCUT2D eigenvalue weighted by Crippen LogP contribution is -2.29. The largest absolute Gasteiger partial charge is 0.450 e. The number of amides is 1. The normalized spacial score (nSPS) is 15.2. The molecule has 1 amide bonds. The zero-order chi connectivity index (χ0) is 23.4. The van der Waals surface area contributed by atoms with E-state index in [1.165, 1.54) is 11.8 Å². The molecule has 1 unspecified atom stereocenters. The van der Waals surface area contributed by atoms with Crippen molar-refractivity contribution in [2.75, 3.05) is 4.90 Å². The number of fused-ring (bicyclic) bond motifs is 2. The molecule has 6 heteroatoms. The molecule has 5 rings (SSSR count). The number of hydrogen-bond donors (Lipinski definition) is 0. The van der Waals surface area contributed by atoms with Gasteiger partial charge in [-0.15, -0.1) is 0 Å². The number of hydrogen-bond acceptors (Lipinski definition) is 4. The molecule has 1 aliphatic rings. The van der Waals surface area contributed by atoms with Crippen molar-refractivity contribution >= 4 is 39.9 Å². The third-order valence-corrected chi connectivity index (χ3v) is 6.44. The molecule has 1 aliphatic heterocycles. The second-order valence-corrected chi connectivity index (χ2v) is 8.78. The lowest BCUT2D eigenvalue weighted by molar-refractivity contribution is 0.0970. The maximum absolute atomic E-state index is 13.7. The number of carbonyl (C=O) groups excluding carboxylic acids is 2. The highest BCUT2D eigenvalue weighted by Gasteiger charge is 2.43. The molecule has 0 saturated heterocycles. The first kappa shape index (κ1) is 21.2. The Kier molecular flexibility index (Phi) is 4.94. The molecule has 2 heterocycles. The van der Waals surface area contributed by atoms with E-state index in [1.54, 1.807) is 54.6 Å². The van der Waals surface area contributed by atoms with Crippen LogP contribution in [0.4, 0.5) is 5.69 Å². The Morgan fingerprint density at radius 3 is 2.33 bits per heavy atom. The summed E-state index contributed by atoms with van der Waals surface area (Å²) >= 11 is 6.27. The Morgan fingerprint density at radius 2 is 1.67 bits per heavy atom. The Balaban J connectivity index is 1.79. The first-order chi connectivity index (χ1) is 15.8. The van der Waals surface area contributed by atoms with Crippen LogP contribution in [0.1, 0.15) is 56.1 Å². The number of benzene rings is 3. The van der Waals surface area contributed by atoms with Gasteiger partial charge in [0.15, 0.2) is 11.2 Å². The number of rotatable bonds is 3. The summed E-state index contributed by atoms with van der Waals surface area (Å²) in [4.78, 5) is 40.6. The Labute approximate surface area is 195 Å². The average Bonchev–Trinajstić information content (AvgIpc) is 3.08. The maximum atomic E-state index is 13.7. The van der Waals surface area contributed by atoms with E-state index in [1.807, 2.05) is 19.9 Å². The van der Waals surface area contributed by atoms with Crippen LogP contribution in [0.2, 0.25) is 5.02 Å². The van der Waals surface area contributed by atoms with Crippen molar-refractivity contribution in [2.45, 2.75) is 26.8 Å². The molecule has 4 aromatic rings. The minimum atomic E-state index is -0.711. The van der Waals surface area contributed by atoms with Crippen LogP contribution in [0.15, 0.2) is 69.9 Å². The van der Waals surface area contributed by atoms with Crippen molar-refractivity contribution in [3.63, 3.8) is 0 Å². The molecule has 0 spiro atoms. The van der Waals surface area contributed by atoms with E-state index < -0.39 is 11.9 Å². The topological polar surface area (TPSA) is 67.6 Å². The van der Waals surface area contributed by atoms with Crippen LogP contribution >= 0.6 is 11.6 Å². The number of nitrogens with zero attached hydrogens (tertiary/aromatic N) is 1. The summed E-state index contributed by atoms with van der Waals surface area (Å²) in [5.74, 6) is -0.461. The van der Waals surface area contributed by atoms with Gasteiger partial charge in [0, 0.05) is 16.3 Å². The zero-order valence-electron chi connectivity index (χ0n) is 18.3. The molecule has 3 aromatic carbocycles. The van der Waals surface area contributed by atoms with Gasteiger partial charge in [-0.05, 0) is 86.0 Å². The standard InChI is InChI=1S/C27H20ClNO4/c1-14-11-21-22(12-15(14)2)33-26-23(25(21)31)24(18-5-4-6-19(28)13-18)29(27(26)32)20-9-7-17(8-10-20)16(3)30/h4-13,24H,1-3H3. The van der Waals surface area contributed by atoms with Gasteiger partial charge in [-0.1, -0.05) is 23.7 Å². The predicted octanol–water partition coefficient (Wildman–Crippen LogP) is 6.02. The molecule has 0 bridgehead atoms. The third-order valence-electron chi connectivity index (χ3n) is 6.20. The van der Waals surface area contributed by atoms with Gasteiger partial charge >= 0.3 is 0 Å². The molecule has 0 radical (unpaired) electrons. The quantitative estimate of drug-likeness (QED) is 0.353. The van der Waals surface area contributed by atoms with Gasteiger partial charge < -0.3 is 4.42 Å². The van der Waals surface area contributed by atoms with Crippen molar-refractivity contribution in [1.82, 2.24) is 0 Å². The van der Waals surface area contributed by atoms with Crippen molar-refractivity contribution in [3.8, 4) is 0 Å². The smallest absolute Gasteiger partial charge is 0.295 e. The van der Waals surface area contributed by atoms with Gasteiger partial charge in [-0.25, -0.2) is 0 Å². The number of Topliss-reactive ketones (excluding diaryl/α,β-unsaturated/α-hetero) is 1. The first-order valence-corrected chi connectivity index (χ1v) is 10.9. The Bertz CT molecular complexity index is 1520.